The van der Waals surface area contributed by atoms with Crippen LogP contribution in [-0.4, -0.2) is 70.2 Å². The van der Waals surface area contributed by atoms with Gasteiger partial charge in [0.05, 0.1) is 39.6 Å². The normalized spacial score (nSPS) is 13.4. The highest BCUT2D eigenvalue weighted by Crippen LogP contribution is 2.34. The lowest BCUT2D eigenvalue weighted by molar-refractivity contribution is -0.117. The Morgan fingerprint density at radius 1 is 0.783 bits per heavy atom. The minimum absolute atomic E-state index is 0.200. The van der Waals surface area contributed by atoms with Crippen LogP contribution in [-0.2, 0) is 37.8 Å². The van der Waals surface area contributed by atoms with E-state index in [0.29, 0.717) is 62.9 Å². The van der Waals surface area contributed by atoms with Gasteiger partial charge in [0.1, 0.15) is 31.6 Å². The molecule has 0 radical (unpaired) electrons. The number of fused-ring (bicyclic) bond motifs is 3. The summed E-state index contributed by atoms with van der Waals surface area (Å²) in [5, 5.41) is 25.3. The number of amides is 2. The topological polar surface area (TPSA) is 202 Å². The molecular weight excluding hydrogens is 767 g/mol. The highest BCUT2D eigenvalue weighted by atomic mass is 16.5. The fourth-order valence-corrected chi connectivity index (χ4v) is 7.16. The van der Waals surface area contributed by atoms with E-state index in [2.05, 4.69) is 30.8 Å². The average molecular weight is 814 g/mol. The molecule has 17 nitrogen and oxygen atoms in total. The second-order valence-electron chi connectivity index (χ2n) is 15.4. The molecule has 5 heterocycles. The van der Waals surface area contributed by atoms with Crippen LogP contribution < -0.4 is 21.8 Å². The fourth-order valence-electron chi connectivity index (χ4n) is 7.16. The summed E-state index contributed by atoms with van der Waals surface area (Å²) in [6.45, 7) is 9.25. The number of pyridine rings is 1. The van der Waals surface area contributed by atoms with Crippen LogP contribution in [0.25, 0.3) is 27.2 Å². The van der Waals surface area contributed by atoms with E-state index in [-0.39, 0.29) is 31.0 Å². The monoisotopic (exact) mass is 813 g/mol. The second-order valence-corrected chi connectivity index (χ2v) is 15.4. The number of benzene rings is 2. The first-order chi connectivity index (χ1) is 28.8. The van der Waals surface area contributed by atoms with E-state index in [9.17, 15) is 19.2 Å². The Hall–Kier alpha value is -6.72. The third kappa shape index (κ3) is 8.67. The van der Waals surface area contributed by atoms with Crippen LogP contribution in [0.15, 0.2) is 89.2 Å². The van der Waals surface area contributed by atoms with Crippen LogP contribution in [0.5, 0.6) is 0 Å². The van der Waals surface area contributed by atoms with Gasteiger partial charge in [0.2, 0.25) is 11.8 Å². The van der Waals surface area contributed by atoms with E-state index in [0.717, 1.165) is 11.1 Å². The molecule has 3 atom stereocenters. The van der Waals surface area contributed by atoms with E-state index in [1.165, 1.54) is 28.2 Å². The van der Waals surface area contributed by atoms with Crippen LogP contribution in [0.4, 0.5) is 11.5 Å². The van der Waals surface area contributed by atoms with Crippen LogP contribution in [0.1, 0.15) is 87.9 Å². The molecule has 0 fully saturated rings. The highest BCUT2D eigenvalue weighted by Gasteiger charge is 2.25. The zero-order chi connectivity index (χ0) is 42.7. The summed E-state index contributed by atoms with van der Waals surface area (Å²) >= 11 is 0. The molecule has 2 amide bonds. The number of nitrogens with one attached hydrogen (secondary N) is 2. The highest BCUT2D eigenvalue weighted by molar-refractivity contribution is 5.91. The number of hydrogen-bond acceptors (Lipinski definition) is 12. The number of hydrogen-bond donors (Lipinski definition) is 2. The van der Waals surface area contributed by atoms with Crippen molar-refractivity contribution in [2.75, 3.05) is 24.9 Å². The summed E-state index contributed by atoms with van der Waals surface area (Å²) in [6, 6.07) is 16.1. The number of methoxy groups -OCH3 is 2. The first-order valence-corrected chi connectivity index (χ1v) is 19.6. The van der Waals surface area contributed by atoms with Gasteiger partial charge in [0, 0.05) is 49.2 Å². The standard InChI is InChI=1S/C43H47N11O6/c1-25(39-33-18-28(27(3)59-6)10-13-31(33)41(57)54(50-39)22-38(56)48-35-16-17-44-23-45-35)8-9-26(2)40-34-19-29(43(4,5)60-7)11-14-32(34)42(58)53(51-40)21-37(55)47-30-12-15-36-49-46-24-52(36)20-30/h10-20,23-27H,8-9,21-22H2,1-7H3,(H,47,55)(H,44,45,48,56). The number of rotatable bonds is 15. The van der Waals surface area contributed by atoms with Gasteiger partial charge >= 0.3 is 0 Å². The largest absolute Gasteiger partial charge is 0.377 e. The Labute approximate surface area is 344 Å². The lowest BCUT2D eigenvalue weighted by atomic mass is 9.89. The fraction of sp³-hybridized carbons (Fsp3) is 0.349. The maximum atomic E-state index is 14.0. The number of ether oxygens (including phenoxy) is 2. The van der Waals surface area contributed by atoms with Crippen LogP contribution in [0.2, 0.25) is 0 Å². The van der Waals surface area contributed by atoms with Crippen molar-refractivity contribution in [3.8, 4) is 0 Å². The minimum atomic E-state index is -0.648. The van der Waals surface area contributed by atoms with Gasteiger partial charge in [-0.3, -0.25) is 23.6 Å². The van der Waals surface area contributed by atoms with Crippen molar-refractivity contribution < 1.29 is 19.1 Å². The Balaban J connectivity index is 1.21. The molecule has 0 saturated heterocycles. The van der Waals surface area contributed by atoms with E-state index in [1.807, 2.05) is 58.9 Å². The van der Waals surface area contributed by atoms with Crippen molar-refractivity contribution in [2.45, 2.75) is 84.1 Å². The van der Waals surface area contributed by atoms with Crippen molar-refractivity contribution >= 4 is 50.5 Å². The van der Waals surface area contributed by atoms with Gasteiger partial charge in [-0.1, -0.05) is 26.0 Å². The molecular formula is C43H47N11O6. The predicted octanol–water partition coefficient (Wildman–Crippen LogP) is 5.49. The smallest absolute Gasteiger partial charge is 0.275 e. The summed E-state index contributed by atoms with van der Waals surface area (Å²) in [6.07, 6.45) is 7.00. The molecule has 0 aliphatic heterocycles. The SMILES string of the molecule is COC(C)c1ccc2c(=O)n(CC(=O)Nc3ccncn3)nc(C(C)CCC(C)c3nn(CC(=O)Nc4ccc5nncn5c4)c(=O)c4ccc(C(C)(C)OC)cc34)c2c1. The molecule has 3 unspecified atom stereocenters. The number of nitrogens with zero attached hydrogens (tertiary/aromatic N) is 9. The zero-order valence-corrected chi connectivity index (χ0v) is 34.5. The van der Waals surface area contributed by atoms with E-state index >= 15 is 0 Å². The van der Waals surface area contributed by atoms with Gasteiger partial charge in [-0.2, -0.15) is 10.2 Å². The van der Waals surface area contributed by atoms with E-state index < -0.39 is 28.5 Å². The van der Waals surface area contributed by atoms with Crippen LogP contribution in [0.3, 0.4) is 0 Å². The lowest BCUT2D eigenvalue weighted by Crippen LogP contribution is -2.31. The van der Waals surface area contributed by atoms with Crippen molar-refractivity contribution in [1.29, 1.82) is 0 Å². The first-order valence-electron chi connectivity index (χ1n) is 19.6. The summed E-state index contributed by atoms with van der Waals surface area (Å²) < 4.78 is 15.5. The Kier molecular flexibility index (Phi) is 11.9. The molecule has 310 valence electrons. The van der Waals surface area contributed by atoms with Crippen molar-refractivity contribution in [3.63, 3.8) is 0 Å². The molecule has 0 spiro atoms. The maximum Gasteiger partial charge on any atom is 0.275 e. The molecule has 17 heteroatoms. The quantitative estimate of drug-likeness (QED) is 0.132. The summed E-state index contributed by atoms with van der Waals surface area (Å²) in [7, 11) is 3.26. The van der Waals surface area contributed by atoms with Crippen LogP contribution >= 0.6 is 0 Å². The average Bonchev–Trinajstić information content (AvgIpc) is 3.72. The third-order valence-corrected chi connectivity index (χ3v) is 11.0. The maximum absolute atomic E-state index is 14.0. The molecule has 2 aromatic carbocycles. The number of carbonyl (C=O) groups is 2. The predicted molar refractivity (Wildman–Crippen MR) is 226 cm³/mol. The second kappa shape index (κ2) is 17.2. The summed E-state index contributed by atoms with van der Waals surface area (Å²) in [5.41, 5.74) is 2.72. The van der Waals surface area contributed by atoms with E-state index in [4.69, 9.17) is 19.7 Å². The van der Waals surface area contributed by atoms with Gasteiger partial charge < -0.3 is 20.1 Å². The first kappa shape index (κ1) is 41.4. The molecule has 7 rings (SSSR count). The summed E-state index contributed by atoms with van der Waals surface area (Å²) in [4.78, 5) is 62.2. The number of anilines is 2. The third-order valence-electron chi connectivity index (χ3n) is 11.0. The van der Waals surface area contributed by atoms with Gasteiger partial charge in [0.25, 0.3) is 11.1 Å². The molecule has 7 aromatic rings. The van der Waals surface area contributed by atoms with Crippen molar-refractivity contribution in [2.24, 2.45) is 0 Å². The molecule has 5 aromatic heterocycles. The summed E-state index contributed by atoms with van der Waals surface area (Å²) in [5.74, 6) is -0.994. The lowest BCUT2D eigenvalue weighted by Gasteiger charge is -2.25. The number of aromatic nitrogens is 9. The molecule has 60 heavy (non-hydrogen) atoms. The number of carbonyl (C=O) groups excluding carboxylic acids is 2. The molecule has 0 saturated carbocycles. The Morgan fingerprint density at radius 2 is 1.42 bits per heavy atom. The minimum Gasteiger partial charge on any atom is -0.377 e. The molecule has 2 N–H and O–H groups in total. The van der Waals surface area contributed by atoms with Gasteiger partial charge in [-0.15, -0.1) is 10.2 Å². The van der Waals surface area contributed by atoms with E-state index in [1.54, 1.807) is 55.1 Å². The Bertz CT molecular complexity index is 2840. The van der Waals surface area contributed by atoms with Crippen molar-refractivity contribution in [1.82, 2.24) is 44.1 Å². The van der Waals surface area contributed by atoms with Gasteiger partial charge in [-0.25, -0.2) is 19.3 Å². The van der Waals surface area contributed by atoms with Gasteiger partial charge in [-0.05, 0) is 87.2 Å². The van der Waals surface area contributed by atoms with Crippen molar-refractivity contribution in [3.05, 3.63) is 123 Å². The zero-order valence-electron chi connectivity index (χ0n) is 34.5. The molecule has 0 bridgehead atoms. The van der Waals surface area contributed by atoms with Gasteiger partial charge in [0.15, 0.2) is 5.65 Å². The molecule has 0 aliphatic rings. The molecule has 0 aliphatic carbocycles. The van der Waals surface area contributed by atoms with Crippen LogP contribution in [0, 0.1) is 0 Å². The Morgan fingerprint density at radius 3 is 2.03 bits per heavy atom.